The summed E-state index contributed by atoms with van der Waals surface area (Å²) in [6.45, 7) is 1.99. The highest BCUT2D eigenvalue weighted by atomic mass is 16.5. The second-order valence-electron chi connectivity index (χ2n) is 5.02. The molecule has 0 saturated heterocycles. The van der Waals surface area contributed by atoms with Crippen LogP contribution in [0.2, 0.25) is 0 Å². The van der Waals surface area contributed by atoms with Gasteiger partial charge in [0.2, 0.25) is 5.91 Å². The van der Waals surface area contributed by atoms with Crippen molar-refractivity contribution in [3.8, 4) is 0 Å². The Morgan fingerprint density at radius 2 is 2.05 bits per heavy atom. The summed E-state index contributed by atoms with van der Waals surface area (Å²) in [7, 11) is 0. The molecule has 0 spiro atoms. The fraction of sp³-hybridized carbons (Fsp3) is 0.438. The third-order valence-corrected chi connectivity index (χ3v) is 3.55. The van der Waals surface area contributed by atoms with Crippen molar-refractivity contribution in [3.63, 3.8) is 0 Å². The molecule has 1 aromatic rings. The predicted octanol–water partition coefficient (Wildman–Crippen LogP) is 2.56. The van der Waals surface area contributed by atoms with Crippen molar-refractivity contribution in [2.75, 3.05) is 11.9 Å². The highest BCUT2D eigenvalue weighted by molar-refractivity contribution is 6.09. The number of para-hydroxylation sites is 1. The van der Waals surface area contributed by atoms with E-state index in [0.29, 0.717) is 24.1 Å². The highest BCUT2D eigenvalue weighted by Gasteiger charge is 2.29. The number of esters is 1. The van der Waals surface area contributed by atoms with Crippen LogP contribution in [-0.2, 0) is 14.3 Å². The molecule has 5 nitrogen and oxygen atoms in total. The number of benzene rings is 1. The van der Waals surface area contributed by atoms with Crippen molar-refractivity contribution in [2.24, 2.45) is 5.92 Å². The molecule has 2 rings (SSSR count). The number of carbonyl (C=O) groups is 3. The molecule has 1 aliphatic rings. The average molecular weight is 289 g/mol. The van der Waals surface area contributed by atoms with Crippen molar-refractivity contribution in [1.29, 1.82) is 0 Å². The van der Waals surface area contributed by atoms with Crippen LogP contribution in [0.1, 0.15) is 43.0 Å². The number of carbonyl (C=O) groups excluding carboxylic acids is 3. The number of nitrogens with one attached hydrogen (secondary N) is 1. The lowest BCUT2D eigenvalue weighted by molar-refractivity contribution is -0.132. The van der Waals surface area contributed by atoms with Gasteiger partial charge in [0.05, 0.1) is 23.8 Å². The summed E-state index contributed by atoms with van der Waals surface area (Å²) >= 11 is 0. The third-order valence-electron chi connectivity index (χ3n) is 3.55. The van der Waals surface area contributed by atoms with E-state index in [1.165, 1.54) is 0 Å². The van der Waals surface area contributed by atoms with Gasteiger partial charge in [-0.3, -0.25) is 9.59 Å². The predicted molar refractivity (Wildman–Crippen MR) is 78.0 cm³/mol. The Bertz CT molecular complexity index is 553. The zero-order chi connectivity index (χ0) is 15.2. The van der Waals surface area contributed by atoms with Gasteiger partial charge in [0, 0.05) is 6.42 Å². The van der Waals surface area contributed by atoms with E-state index < -0.39 is 11.9 Å². The molecule has 1 saturated carbocycles. The third kappa shape index (κ3) is 3.68. The summed E-state index contributed by atoms with van der Waals surface area (Å²) < 4.78 is 4.96. The van der Waals surface area contributed by atoms with Gasteiger partial charge in [0.1, 0.15) is 5.78 Å². The van der Waals surface area contributed by atoms with Gasteiger partial charge < -0.3 is 10.1 Å². The molecule has 1 N–H and O–H groups in total. The number of ether oxygens (including phenoxy) is 1. The Hall–Kier alpha value is -2.17. The largest absolute Gasteiger partial charge is 0.462 e. The number of hydrogen-bond donors (Lipinski definition) is 1. The highest BCUT2D eigenvalue weighted by Crippen LogP contribution is 2.23. The van der Waals surface area contributed by atoms with Crippen LogP contribution < -0.4 is 5.32 Å². The van der Waals surface area contributed by atoms with E-state index >= 15 is 0 Å². The molecular weight excluding hydrogens is 270 g/mol. The molecule has 0 radical (unpaired) electrons. The van der Waals surface area contributed by atoms with Gasteiger partial charge in [-0.05, 0) is 31.9 Å². The average Bonchev–Trinajstić information content (AvgIpc) is 2.48. The maximum atomic E-state index is 12.2. The van der Waals surface area contributed by atoms with Crippen molar-refractivity contribution in [3.05, 3.63) is 29.8 Å². The SMILES string of the molecule is CCOC(=O)c1ccccc1NC(=O)C1CCCCC1=O. The molecule has 0 heterocycles. The zero-order valence-electron chi connectivity index (χ0n) is 12.1. The van der Waals surface area contributed by atoms with Crippen LogP contribution in [0.25, 0.3) is 0 Å². The lowest BCUT2D eigenvalue weighted by Gasteiger charge is -2.20. The van der Waals surface area contributed by atoms with Gasteiger partial charge in [-0.2, -0.15) is 0 Å². The molecule has 112 valence electrons. The number of rotatable bonds is 4. The van der Waals surface area contributed by atoms with E-state index in [2.05, 4.69) is 5.32 Å². The van der Waals surface area contributed by atoms with Crippen molar-refractivity contribution in [2.45, 2.75) is 32.6 Å². The maximum Gasteiger partial charge on any atom is 0.340 e. The number of Topliss-reactive ketones (excluding diaryl/α,β-unsaturated/α-hetero) is 1. The first-order valence-electron chi connectivity index (χ1n) is 7.23. The number of amides is 1. The van der Waals surface area contributed by atoms with E-state index in [1.54, 1.807) is 31.2 Å². The standard InChI is InChI=1S/C16H19NO4/c1-2-21-16(20)11-7-3-5-9-13(11)17-15(19)12-8-4-6-10-14(12)18/h3,5,7,9,12H,2,4,6,8,10H2,1H3,(H,17,19). The summed E-state index contributed by atoms with van der Waals surface area (Å²) in [5, 5.41) is 2.69. The van der Waals surface area contributed by atoms with Crippen molar-refractivity contribution in [1.82, 2.24) is 0 Å². The molecule has 1 aliphatic carbocycles. The minimum absolute atomic E-state index is 0.0210. The Balaban J connectivity index is 2.13. The Morgan fingerprint density at radius 3 is 2.76 bits per heavy atom. The van der Waals surface area contributed by atoms with Crippen LogP contribution in [0.3, 0.4) is 0 Å². The fourth-order valence-corrected chi connectivity index (χ4v) is 2.46. The zero-order valence-corrected chi connectivity index (χ0v) is 12.1. The second-order valence-corrected chi connectivity index (χ2v) is 5.02. The van der Waals surface area contributed by atoms with Gasteiger partial charge in [-0.25, -0.2) is 4.79 Å². The first-order valence-corrected chi connectivity index (χ1v) is 7.23. The normalized spacial score (nSPS) is 18.1. The monoisotopic (exact) mass is 289 g/mol. The number of anilines is 1. The molecule has 0 aliphatic heterocycles. The van der Waals surface area contributed by atoms with Crippen molar-refractivity contribution >= 4 is 23.3 Å². The van der Waals surface area contributed by atoms with E-state index in [0.717, 1.165) is 12.8 Å². The maximum absolute atomic E-state index is 12.2. The molecule has 1 fully saturated rings. The molecule has 0 bridgehead atoms. The van der Waals surface area contributed by atoms with Crippen LogP contribution in [0.15, 0.2) is 24.3 Å². The summed E-state index contributed by atoms with van der Waals surface area (Å²) in [6, 6.07) is 6.66. The van der Waals surface area contributed by atoms with Gasteiger partial charge in [-0.15, -0.1) is 0 Å². The molecule has 1 amide bonds. The number of hydrogen-bond acceptors (Lipinski definition) is 4. The van der Waals surface area contributed by atoms with Gasteiger partial charge in [0.15, 0.2) is 0 Å². The van der Waals surface area contributed by atoms with E-state index in [1.807, 2.05) is 0 Å². The van der Waals surface area contributed by atoms with Crippen LogP contribution >= 0.6 is 0 Å². The van der Waals surface area contributed by atoms with Gasteiger partial charge in [0.25, 0.3) is 0 Å². The van der Waals surface area contributed by atoms with Crippen molar-refractivity contribution < 1.29 is 19.1 Å². The van der Waals surface area contributed by atoms with Gasteiger partial charge in [-0.1, -0.05) is 18.6 Å². The lowest BCUT2D eigenvalue weighted by atomic mass is 9.87. The first-order chi connectivity index (χ1) is 10.1. The lowest BCUT2D eigenvalue weighted by Crippen LogP contribution is -2.32. The van der Waals surface area contributed by atoms with Gasteiger partial charge >= 0.3 is 5.97 Å². The van der Waals surface area contributed by atoms with Crippen LogP contribution in [0, 0.1) is 5.92 Å². The minimum Gasteiger partial charge on any atom is -0.462 e. The fourth-order valence-electron chi connectivity index (χ4n) is 2.46. The Labute approximate surface area is 123 Å². The van der Waals surface area contributed by atoms with E-state index in [4.69, 9.17) is 4.74 Å². The summed E-state index contributed by atoms with van der Waals surface area (Å²) in [6.07, 6.45) is 2.76. The first kappa shape index (κ1) is 15.2. The van der Waals surface area contributed by atoms with E-state index in [9.17, 15) is 14.4 Å². The molecule has 1 aromatic carbocycles. The Kier molecular flexibility index (Phi) is 5.09. The molecule has 21 heavy (non-hydrogen) atoms. The molecule has 5 heteroatoms. The quantitative estimate of drug-likeness (QED) is 0.683. The minimum atomic E-state index is -0.603. The summed E-state index contributed by atoms with van der Waals surface area (Å²) in [4.78, 5) is 35.9. The van der Waals surface area contributed by atoms with E-state index in [-0.39, 0.29) is 18.3 Å². The topological polar surface area (TPSA) is 72.5 Å². The second kappa shape index (κ2) is 7.02. The van der Waals surface area contributed by atoms with Crippen LogP contribution in [0.4, 0.5) is 5.69 Å². The summed E-state index contributed by atoms with van der Waals surface area (Å²) in [5.74, 6) is -1.44. The molecule has 1 unspecified atom stereocenters. The van der Waals surface area contributed by atoms with Crippen LogP contribution in [-0.4, -0.2) is 24.3 Å². The number of ketones is 1. The molecule has 0 aromatic heterocycles. The molecule has 1 atom stereocenters. The molecular formula is C16H19NO4. The Morgan fingerprint density at radius 1 is 1.29 bits per heavy atom. The summed E-state index contributed by atoms with van der Waals surface area (Å²) in [5.41, 5.74) is 0.690. The smallest absolute Gasteiger partial charge is 0.340 e. The van der Waals surface area contributed by atoms with Crippen LogP contribution in [0.5, 0.6) is 0 Å².